The van der Waals surface area contributed by atoms with Crippen LogP contribution in [0.5, 0.6) is 10.8 Å². The summed E-state index contributed by atoms with van der Waals surface area (Å²) in [5.74, 6) is 0.533. The van der Waals surface area contributed by atoms with Crippen molar-refractivity contribution in [3.8, 4) is 10.8 Å². The van der Waals surface area contributed by atoms with Crippen LogP contribution in [0.25, 0.3) is 10.1 Å². The quantitative estimate of drug-likeness (QED) is 0.771. The Morgan fingerprint density at radius 3 is 2.86 bits per heavy atom. The Balaban J connectivity index is 2.74. The van der Waals surface area contributed by atoms with Crippen LogP contribution in [0.1, 0.15) is 10.4 Å². The lowest BCUT2D eigenvalue weighted by Crippen LogP contribution is -1.89. The first-order valence-electron chi connectivity index (χ1n) is 4.00. The molecule has 0 unspecified atom stereocenters. The minimum atomic E-state index is 0.241. The van der Waals surface area contributed by atoms with Gasteiger partial charge in [0.15, 0.2) is 11.3 Å². The number of ether oxygens (including phenoxy) is 1. The molecule has 0 amide bonds. The first-order chi connectivity index (χ1) is 6.74. The van der Waals surface area contributed by atoms with E-state index < -0.39 is 0 Å². The maximum atomic E-state index is 10.7. The van der Waals surface area contributed by atoms with Gasteiger partial charge in [0.25, 0.3) is 0 Å². The van der Waals surface area contributed by atoms with Crippen LogP contribution in [0.4, 0.5) is 0 Å². The standard InChI is InChI=1S/C10H8O3S/c1-13-8-2-6-4-10(12)14-9(6)3-7(8)5-11/h2-5,12H,1H3. The van der Waals surface area contributed by atoms with Crippen molar-refractivity contribution < 1.29 is 14.6 Å². The summed E-state index contributed by atoms with van der Waals surface area (Å²) in [4.78, 5) is 10.7. The lowest BCUT2D eigenvalue weighted by atomic mass is 10.2. The van der Waals surface area contributed by atoms with Crippen molar-refractivity contribution in [3.05, 3.63) is 23.8 Å². The third kappa shape index (κ3) is 1.33. The van der Waals surface area contributed by atoms with E-state index in [4.69, 9.17) is 4.74 Å². The maximum absolute atomic E-state index is 10.7. The molecule has 0 aliphatic rings. The smallest absolute Gasteiger partial charge is 0.172 e. The molecule has 1 N–H and O–H groups in total. The number of fused-ring (bicyclic) bond motifs is 1. The molecule has 1 heterocycles. The second-order valence-corrected chi connectivity index (χ2v) is 3.90. The van der Waals surface area contributed by atoms with Gasteiger partial charge >= 0.3 is 0 Å². The van der Waals surface area contributed by atoms with Crippen LogP contribution in [0.15, 0.2) is 18.2 Å². The molecule has 0 radical (unpaired) electrons. The number of methoxy groups -OCH3 is 1. The Hall–Kier alpha value is -1.55. The molecule has 14 heavy (non-hydrogen) atoms. The fourth-order valence-corrected chi connectivity index (χ4v) is 2.17. The third-order valence-electron chi connectivity index (χ3n) is 1.98. The predicted molar refractivity (Wildman–Crippen MR) is 55.4 cm³/mol. The second-order valence-electron chi connectivity index (χ2n) is 2.83. The van der Waals surface area contributed by atoms with Gasteiger partial charge in [0.05, 0.1) is 12.7 Å². The summed E-state index contributed by atoms with van der Waals surface area (Å²) in [5.41, 5.74) is 0.502. The van der Waals surface area contributed by atoms with E-state index in [9.17, 15) is 9.90 Å². The number of hydrogen-bond acceptors (Lipinski definition) is 4. The summed E-state index contributed by atoms with van der Waals surface area (Å²) >= 11 is 1.24. The summed E-state index contributed by atoms with van der Waals surface area (Å²) in [6.07, 6.45) is 0.745. The van der Waals surface area contributed by atoms with Crippen LogP contribution in [-0.4, -0.2) is 18.5 Å². The Morgan fingerprint density at radius 2 is 2.21 bits per heavy atom. The van der Waals surface area contributed by atoms with Gasteiger partial charge in [-0.2, -0.15) is 0 Å². The zero-order valence-corrected chi connectivity index (χ0v) is 8.30. The summed E-state index contributed by atoms with van der Waals surface area (Å²) in [6, 6.07) is 5.11. The number of thiophene rings is 1. The summed E-state index contributed by atoms with van der Waals surface area (Å²) in [6.45, 7) is 0. The van der Waals surface area contributed by atoms with E-state index in [0.717, 1.165) is 16.4 Å². The highest BCUT2D eigenvalue weighted by atomic mass is 32.1. The summed E-state index contributed by atoms with van der Waals surface area (Å²) < 4.78 is 5.93. The van der Waals surface area contributed by atoms with E-state index in [0.29, 0.717) is 11.3 Å². The molecule has 3 nitrogen and oxygen atoms in total. The number of hydrogen-bond donors (Lipinski definition) is 1. The van der Waals surface area contributed by atoms with Crippen molar-refractivity contribution >= 4 is 27.7 Å². The third-order valence-corrected chi connectivity index (χ3v) is 2.88. The zero-order chi connectivity index (χ0) is 10.1. The molecule has 4 heteroatoms. The lowest BCUT2D eigenvalue weighted by molar-refractivity contribution is 0.112. The van der Waals surface area contributed by atoms with Gasteiger partial charge in [0.1, 0.15) is 5.75 Å². The Kier molecular flexibility index (Phi) is 2.13. The highest BCUT2D eigenvalue weighted by Gasteiger charge is 2.07. The molecular weight excluding hydrogens is 200 g/mol. The second kappa shape index (κ2) is 3.31. The van der Waals surface area contributed by atoms with Gasteiger partial charge in [-0.05, 0) is 18.2 Å². The summed E-state index contributed by atoms with van der Waals surface area (Å²) in [5, 5.41) is 10.4. The van der Waals surface area contributed by atoms with E-state index in [-0.39, 0.29) is 5.06 Å². The van der Waals surface area contributed by atoms with Gasteiger partial charge < -0.3 is 9.84 Å². The number of benzene rings is 1. The van der Waals surface area contributed by atoms with Gasteiger partial charge in [-0.1, -0.05) is 11.3 Å². The molecular formula is C10H8O3S. The SMILES string of the molecule is COc1cc2cc(O)sc2cc1C=O. The first kappa shape index (κ1) is 9.02. The Labute approximate surface area is 84.6 Å². The highest BCUT2D eigenvalue weighted by molar-refractivity contribution is 7.20. The average molecular weight is 208 g/mol. The molecule has 1 aromatic heterocycles. The van der Waals surface area contributed by atoms with Crippen LogP contribution >= 0.6 is 11.3 Å². The van der Waals surface area contributed by atoms with E-state index in [1.54, 1.807) is 18.2 Å². The molecule has 0 saturated carbocycles. The lowest BCUT2D eigenvalue weighted by Gasteiger charge is -2.02. The first-order valence-corrected chi connectivity index (χ1v) is 4.82. The molecule has 0 saturated heterocycles. The van der Waals surface area contributed by atoms with E-state index in [1.807, 2.05) is 0 Å². The molecule has 0 aliphatic carbocycles. The van der Waals surface area contributed by atoms with Gasteiger partial charge in [0, 0.05) is 10.1 Å². The molecule has 2 aromatic rings. The van der Waals surface area contributed by atoms with E-state index >= 15 is 0 Å². The molecule has 72 valence electrons. The van der Waals surface area contributed by atoms with Crippen LogP contribution < -0.4 is 4.74 Å². The molecule has 0 fully saturated rings. The predicted octanol–water partition coefficient (Wildman–Crippen LogP) is 2.43. The van der Waals surface area contributed by atoms with Crippen molar-refractivity contribution in [3.63, 3.8) is 0 Å². The van der Waals surface area contributed by atoms with Crippen LogP contribution in [0, 0.1) is 0 Å². The minimum absolute atomic E-state index is 0.241. The molecule has 0 spiro atoms. The van der Waals surface area contributed by atoms with E-state index in [2.05, 4.69) is 0 Å². The molecule has 1 aromatic carbocycles. The molecule has 2 rings (SSSR count). The zero-order valence-electron chi connectivity index (χ0n) is 7.48. The topological polar surface area (TPSA) is 46.5 Å². The van der Waals surface area contributed by atoms with Crippen LogP contribution in [0.2, 0.25) is 0 Å². The molecule has 0 atom stereocenters. The van der Waals surface area contributed by atoms with Gasteiger partial charge in [-0.15, -0.1) is 0 Å². The van der Waals surface area contributed by atoms with E-state index in [1.165, 1.54) is 18.4 Å². The number of aldehydes is 1. The fourth-order valence-electron chi connectivity index (χ4n) is 1.34. The van der Waals surface area contributed by atoms with Crippen LogP contribution in [-0.2, 0) is 0 Å². The van der Waals surface area contributed by atoms with Crippen molar-refractivity contribution in [2.24, 2.45) is 0 Å². The minimum Gasteiger partial charge on any atom is -0.499 e. The Bertz CT molecular complexity index is 487. The van der Waals surface area contributed by atoms with Crippen molar-refractivity contribution in [1.29, 1.82) is 0 Å². The van der Waals surface area contributed by atoms with Gasteiger partial charge in [-0.25, -0.2) is 0 Å². The number of aromatic hydroxyl groups is 1. The normalized spacial score (nSPS) is 10.4. The number of carbonyl (C=O) groups is 1. The highest BCUT2D eigenvalue weighted by Crippen LogP contribution is 2.34. The van der Waals surface area contributed by atoms with Gasteiger partial charge in [0.2, 0.25) is 0 Å². The summed E-state index contributed by atoms with van der Waals surface area (Å²) in [7, 11) is 1.51. The number of rotatable bonds is 2. The molecule has 0 aliphatic heterocycles. The van der Waals surface area contributed by atoms with Crippen LogP contribution in [0.3, 0.4) is 0 Å². The largest absolute Gasteiger partial charge is 0.499 e. The maximum Gasteiger partial charge on any atom is 0.172 e. The Morgan fingerprint density at radius 1 is 1.43 bits per heavy atom. The average Bonchev–Trinajstić information content (AvgIpc) is 2.54. The van der Waals surface area contributed by atoms with Crippen molar-refractivity contribution in [1.82, 2.24) is 0 Å². The fraction of sp³-hybridized carbons (Fsp3) is 0.100. The molecule has 0 bridgehead atoms. The number of carbonyl (C=O) groups excluding carboxylic acids is 1. The van der Waals surface area contributed by atoms with Crippen molar-refractivity contribution in [2.75, 3.05) is 7.11 Å². The monoisotopic (exact) mass is 208 g/mol. The van der Waals surface area contributed by atoms with Gasteiger partial charge in [-0.3, -0.25) is 4.79 Å². The van der Waals surface area contributed by atoms with Crippen molar-refractivity contribution in [2.45, 2.75) is 0 Å².